The first kappa shape index (κ1) is 19.2. The molecule has 0 bridgehead atoms. The normalized spacial score (nSPS) is 20.4. The summed E-state index contributed by atoms with van der Waals surface area (Å²) < 4.78 is 56.2. The number of hydrogen-bond donors (Lipinski definition) is 0. The van der Waals surface area contributed by atoms with Gasteiger partial charge < -0.3 is 4.74 Å². The van der Waals surface area contributed by atoms with Crippen LogP contribution < -0.4 is 4.74 Å². The Morgan fingerprint density at radius 3 is 2.38 bits per heavy atom. The minimum atomic E-state index is -3.73. The van der Waals surface area contributed by atoms with E-state index in [-0.39, 0.29) is 16.4 Å². The van der Waals surface area contributed by atoms with Gasteiger partial charge in [-0.05, 0) is 44.0 Å². The van der Waals surface area contributed by atoms with E-state index in [0.717, 1.165) is 6.42 Å². The van der Waals surface area contributed by atoms with Gasteiger partial charge in [0.15, 0.2) is 9.84 Å². The van der Waals surface area contributed by atoms with E-state index < -0.39 is 25.9 Å². The van der Waals surface area contributed by atoms with Crippen LogP contribution in [0.4, 0.5) is 0 Å². The molecule has 136 valence electrons. The van der Waals surface area contributed by atoms with Crippen LogP contribution in [0.15, 0.2) is 29.2 Å². The van der Waals surface area contributed by atoms with Crippen LogP contribution in [0.25, 0.3) is 0 Å². The van der Waals surface area contributed by atoms with Gasteiger partial charge in [0.1, 0.15) is 5.75 Å². The molecule has 0 aliphatic carbocycles. The highest BCUT2D eigenvalue weighted by Gasteiger charge is 2.38. The van der Waals surface area contributed by atoms with Crippen molar-refractivity contribution >= 4 is 19.9 Å². The van der Waals surface area contributed by atoms with Crippen molar-refractivity contribution in [3.63, 3.8) is 0 Å². The first-order valence-electron chi connectivity index (χ1n) is 8.25. The number of hydrogen-bond acceptors (Lipinski definition) is 5. The van der Waals surface area contributed by atoms with Gasteiger partial charge in [-0.2, -0.15) is 4.31 Å². The van der Waals surface area contributed by atoms with E-state index in [4.69, 9.17) is 4.74 Å². The number of rotatable bonds is 8. The average molecular weight is 376 g/mol. The Hall–Kier alpha value is -1.12. The van der Waals surface area contributed by atoms with Gasteiger partial charge in [-0.1, -0.05) is 13.3 Å². The molecule has 1 aliphatic heterocycles. The van der Waals surface area contributed by atoms with Crippen LogP contribution in [0, 0.1) is 0 Å². The van der Waals surface area contributed by atoms with Crippen molar-refractivity contribution in [2.45, 2.75) is 44.0 Å². The molecule has 0 aromatic heterocycles. The van der Waals surface area contributed by atoms with E-state index in [1.165, 1.54) is 16.4 Å². The van der Waals surface area contributed by atoms with Crippen LogP contribution in [0.2, 0.25) is 0 Å². The number of sulfonamides is 1. The molecule has 1 aromatic carbocycles. The summed E-state index contributed by atoms with van der Waals surface area (Å²) in [6.45, 7) is 4.69. The van der Waals surface area contributed by atoms with E-state index >= 15 is 0 Å². The molecular formula is C16H25NO5S2. The Morgan fingerprint density at radius 2 is 1.88 bits per heavy atom. The summed E-state index contributed by atoms with van der Waals surface area (Å²) in [5.74, 6) is 0.575. The first-order chi connectivity index (χ1) is 11.3. The minimum absolute atomic E-state index is 0.0547. The van der Waals surface area contributed by atoms with Crippen molar-refractivity contribution in [1.82, 2.24) is 4.31 Å². The molecule has 6 nitrogen and oxygen atoms in total. The van der Waals surface area contributed by atoms with Gasteiger partial charge in [0.2, 0.25) is 10.0 Å². The van der Waals surface area contributed by atoms with Crippen LogP contribution in [0.5, 0.6) is 5.75 Å². The standard InChI is InChI=1S/C16H25NO5S2/c1-3-5-11-17(14-10-12-23(18,19)13-14)24(20,21)16-8-6-15(7-9-16)22-4-2/h6-9,14H,3-5,10-13H2,1-2H3/t14-/m0/s1. The molecule has 1 aromatic rings. The molecule has 1 fully saturated rings. The highest BCUT2D eigenvalue weighted by molar-refractivity contribution is 7.92. The molecular weight excluding hydrogens is 350 g/mol. The highest BCUT2D eigenvalue weighted by Crippen LogP contribution is 2.26. The van der Waals surface area contributed by atoms with Crippen molar-refractivity contribution in [2.75, 3.05) is 24.7 Å². The van der Waals surface area contributed by atoms with E-state index in [2.05, 4.69) is 0 Å². The fraction of sp³-hybridized carbons (Fsp3) is 0.625. The van der Waals surface area contributed by atoms with Gasteiger partial charge in [0.05, 0.1) is 23.0 Å². The summed E-state index contributed by atoms with van der Waals surface area (Å²) in [4.78, 5) is 0.173. The number of sulfone groups is 1. The molecule has 1 saturated heterocycles. The third-order valence-electron chi connectivity index (χ3n) is 4.09. The number of unbranched alkanes of at least 4 members (excludes halogenated alkanes) is 1. The second kappa shape index (κ2) is 7.84. The second-order valence-electron chi connectivity index (χ2n) is 5.93. The van der Waals surface area contributed by atoms with E-state index in [1.807, 2.05) is 13.8 Å². The Balaban J connectivity index is 2.29. The summed E-state index contributed by atoms with van der Waals surface area (Å²) >= 11 is 0. The maximum Gasteiger partial charge on any atom is 0.243 e. The molecule has 0 radical (unpaired) electrons. The molecule has 1 atom stereocenters. The first-order valence-corrected chi connectivity index (χ1v) is 11.5. The van der Waals surface area contributed by atoms with Crippen LogP contribution in [0.3, 0.4) is 0 Å². The van der Waals surface area contributed by atoms with Crippen LogP contribution >= 0.6 is 0 Å². The highest BCUT2D eigenvalue weighted by atomic mass is 32.2. The maximum atomic E-state index is 13.0. The van der Waals surface area contributed by atoms with Gasteiger partial charge in [0.25, 0.3) is 0 Å². The van der Waals surface area contributed by atoms with Gasteiger partial charge in [-0.3, -0.25) is 0 Å². The molecule has 8 heteroatoms. The lowest BCUT2D eigenvalue weighted by molar-refractivity contribution is 0.334. The molecule has 0 saturated carbocycles. The number of benzene rings is 1. The maximum absolute atomic E-state index is 13.0. The zero-order valence-electron chi connectivity index (χ0n) is 14.1. The SMILES string of the molecule is CCCCN([C@H]1CCS(=O)(=O)C1)S(=O)(=O)c1ccc(OCC)cc1. The van der Waals surface area contributed by atoms with Crippen molar-refractivity contribution in [3.8, 4) is 5.75 Å². The molecule has 0 amide bonds. The van der Waals surface area contributed by atoms with Crippen LogP contribution in [-0.2, 0) is 19.9 Å². The monoisotopic (exact) mass is 375 g/mol. The lowest BCUT2D eigenvalue weighted by Crippen LogP contribution is -2.41. The van der Waals surface area contributed by atoms with Crippen LogP contribution in [-0.4, -0.2) is 51.8 Å². The summed E-state index contributed by atoms with van der Waals surface area (Å²) in [6.07, 6.45) is 1.91. The largest absolute Gasteiger partial charge is 0.494 e. The molecule has 24 heavy (non-hydrogen) atoms. The molecule has 0 unspecified atom stereocenters. The van der Waals surface area contributed by atoms with Crippen molar-refractivity contribution < 1.29 is 21.6 Å². The summed E-state index contributed by atoms with van der Waals surface area (Å²) in [5.41, 5.74) is 0. The Morgan fingerprint density at radius 1 is 1.21 bits per heavy atom. The summed E-state index contributed by atoms with van der Waals surface area (Å²) in [6, 6.07) is 5.81. The van der Waals surface area contributed by atoms with E-state index in [0.29, 0.717) is 31.7 Å². The molecule has 1 heterocycles. The van der Waals surface area contributed by atoms with Gasteiger partial charge >= 0.3 is 0 Å². The van der Waals surface area contributed by atoms with Crippen molar-refractivity contribution in [1.29, 1.82) is 0 Å². The second-order valence-corrected chi connectivity index (χ2v) is 10.0. The molecule has 0 spiro atoms. The predicted octanol–water partition coefficient (Wildman–Crippen LogP) is 2.06. The Labute approximate surface area is 144 Å². The quantitative estimate of drug-likeness (QED) is 0.695. The Bertz CT molecular complexity index is 741. The van der Waals surface area contributed by atoms with Gasteiger partial charge in [-0.25, -0.2) is 16.8 Å². The Kier molecular flexibility index (Phi) is 6.28. The zero-order chi connectivity index (χ0) is 17.8. The molecule has 0 N–H and O–H groups in total. The minimum Gasteiger partial charge on any atom is -0.494 e. The van der Waals surface area contributed by atoms with E-state index in [1.54, 1.807) is 12.1 Å². The lowest BCUT2D eigenvalue weighted by atomic mass is 10.2. The molecule has 2 rings (SSSR count). The van der Waals surface area contributed by atoms with Crippen LogP contribution in [0.1, 0.15) is 33.1 Å². The fourth-order valence-electron chi connectivity index (χ4n) is 2.83. The van der Waals surface area contributed by atoms with E-state index in [9.17, 15) is 16.8 Å². The lowest BCUT2D eigenvalue weighted by Gasteiger charge is -2.27. The third kappa shape index (κ3) is 4.49. The van der Waals surface area contributed by atoms with Gasteiger partial charge in [0, 0.05) is 12.6 Å². The predicted molar refractivity (Wildman–Crippen MR) is 93.5 cm³/mol. The topological polar surface area (TPSA) is 80.8 Å². The fourth-order valence-corrected chi connectivity index (χ4v) is 6.34. The number of ether oxygens (including phenoxy) is 1. The third-order valence-corrected chi connectivity index (χ3v) is 7.81. The molecule has 1 aliphatic rings. The number of nitrogens with zero attached hydrogens (tertiary/aromatic N) is 1. The smallest absolute Gasteiger partial charge is 0.243 e. The average Bonchev–Trinajstić information content (AvgIpc) is 2.88. The summed E-state index contributed by atoms with van der Waals surface area (Å²) in [5, 5.41) is 0. The van der Waals surface area contributed by atoms with Crippen molar-refractivity contribution in [3.05, 3.63) is 24.3 Å². The van der Waals surface area contributed by atoms with Crippen molar-refractivity contribution in [2.24, 2.45) is 0 Å². The van der Waals surface area contributed by atoms with Gasteiger partial charge in [-0.15, -0.1) is 0 Å². The zero-order valence-corrected chi connectivity index (χ0v) is 15.8. The summed E-state index contributed by atoms with van der Waals surface area (Å²) in [7, 11) is -6.87.